The predicted molar refractivity (Wildman–Crippen MR) is 79.9 cm³/mol. The number of anilines is 1. The summed E-state index contributed by atoms with van der Waals surface area (Å²) in [5.74, 6) is 0.359. The zero-order valence-electron chi connectivity index (χ0n) is 11.0. The molecule has 0 bridgehead atoms. The van der Waals surface area contributed by atoms with E-state index in [4.69, 9.17) is 11.6 Å². The molecule has 0 atom stereocenters. The number of carbonyl (C=O) groups is 1. The minimum absolute atomic E-state index is 0.0986. The molecule has 19 heavy (non-hydrogen) atoms. The largest absolute Gasteiger partial charge is 0.322 e. The minimum atomic E-state index is -0.0986. The van der Waals surface area contributed by atoms with Gasteiger partial charge in [-0.2, -0.15) is 0 Å². The number of rotatable bonds is 3. The highest BCUT2D eigenvalue weighted by Gasteiger charge is 2.09. The molecule has 1 N–H and O–H groups in total. The number of carbonyl (C=O) groups excluding carboxylic acids is 1. The van der Waals surface area contributed by atoms with Crippen molar-refractivity contribution in [2.75, 3.05) is 5.32 Å². The molecule has 98 valence electrons. The summed E-state index contributed by atoms with van der Waals surface area (Å²) in [4.78, 5) is 12.2. The van der Waals surface area contributed by atoms with Gasteiger partial charge in [0, 0.05) is 17.1 Å². The number of halogens is 1. The molecule has 2 aromatic rings. The Hall–Kier alpha value is -1.80. The first-order chi connectivity index (χ1) is 9.11. The predicted octanol–water partition coefficient (Wildman–Crippen LogP) is 4.29. The highest BCUT2D eigenvalue weighted by Crippen LogP contribution is 2.20. The summed E-state index contributed by atoms with van der Waals surface area (Å²) >= 11 is 5.73. The Bertz CT molecular complexity index is 570. The molecule has 0 aliphatic heterocycles. The lowest BCUT2D eigenvalue weighted by Gasteiger charge is -2.11. The second kappa shape index (κ2) is 5.89. The van der Waals surface area contributed by atoms with Crippen LogP contribution in [-0.4, -0.2) is 5.91 Å². The molecule has 0 aromatic heterocycles. The molecule has 1 amide bonds. The average Bonchev–Trinajstić information content (AvgIpc) is 2.43. The van der Waals surface area contributed by atoms with Gasteiger partial charge in [-0.3, -0.25) is 4.79 Å². The van der Waals surface area contributed by atoms with Gasteiger partial charge in [-0.15, -0.1) is 11.6 Å². The summed E-state index contributed by atoms with van der Waals surface area (Å²) in [7, 11) is 0. The van der Waals surface area contributed by atoms with Crippen LogP contribution in [0, 0.1) is 13.8 Å². The number of hydrogen-bond acceptors (Lipinski definition) is 1. The molecule has 0 radical (unpaired) electrons. The summed E-state index contributed by atoms with van der Waals surface area (Å²) < 4.78 is 0. The third-order valence-corrected chi connectivity index (χ3v) is 3.40. The smallest absolute Gasteiger partial charge is 0.255 e. The van der Waals surface area contributed by atoms with E-state index in [1.165, 1.54) is 0 Å². The van der Waals surface area contributed by atoms with Crippen LogP contribution in [-0.2, 0) is 5.88 Å². The van der Waals surface area contributed by atoms with Crippen LogP contribution in [0.2, 0.25) is 0 Å². The van der Waals surface area contributed by atoms with E-state index < -0.39 is 0 Å². The third-order valence-electron chi connectivity index (χ3n) is 3.09. The molecule has 0 spiro atoms. The summed E-state index contributed by atoms with van der Waals surface area (Å²) in [5, 5.41) is 2.96. The van der Waals surface area contributed by atoms with Crippen molar-refractivity contribution in [3.05, 3.63) is 64.7 Å². The Kier molecular flexibility index (Phi) is 4.23. The second-order valence-electron chi connectivity index (χ2n) is 4.55. The van der Waals surface area contributed by atoms with Crippen LogP contribution in [0.25, 0.3) is 0 Å². The Labute approximate surface area is 118 Å². The quantitative estimate of drug-likeness (QED) is 0.830. The summed E-state index contributed by atoms with van der Waals surface area (Å²) in [6.45, 7) is 3.97. The molecule has 0 unspecified atom stereocenters. The van der Waals surface area contributed by atoms with Gasteiger partial charge in [-0.25, -0.2) is 0 Å². The van der Waals surface area contributed by atoms with E-state index in [0.717, 1.165) is 22.4 Å². The fourth-order valence-corrected chi connectivity index (χ4v) is 2.12. The molecular weight excluding hydrogens is 258 g/mol. The van der Waals surface area contributed by atoms with Crippen LogP contribution >= 0.6 is 11.6 Å². The molecule has 3 heteroatoms. The topological polar surface area (TPSA) is 29.1 Å². The summed E-state index contributed by atoms with van der Waals surface area (Å²) in [6, 6.07) is 13.3. The first-order valence-corrected chi connectivity index (χ1v) is 6.67. The van der Waals surface area contributed by atoms with Crippen molar-refractivity contribution in [1.82, 2.24) is 0 Å². The maximum Gasteiger partial charge on any atom is 0.255 e. The van der Waals surface area contributed by atoms with Gasteiger partial charge in [-0.1, -0.05) is 30.3 Å². The van der Waals surface area contributed by atoms with Gasteiger partial charge in [0.05, 0.1) is 0 Å². The van der Waals surface area contributed by atoms with Gasteiger partial charge >= 0.3 is 0 Å². The van der Waals surface area contributed by atoms with E-state index >= 15 is 0 Å². The van der Waals surface area contributed by atoms with Crippen LogP contribution in [0.1, 0.15) is 27.0 Å². The molecule has 0 aliphatic carbocycles. The van der Waals surface area contributed by atoms with Crippen LogP contribution in [0.5, 0.6) is 0 Å². The normalized spacial score (nSPS) is 10.3. The SMILES string of the molecule is Cc1cccc(C)c1NC(=O)c1ccc(CCl)cc1. The molecule has 0 fully saturated rings. The van der Waals surface area contributed by atoms with Crippen molar-refractivity contribution in [1.29, 1.82) is 0 Å². The van der Waals surface area contributed by atoms with Gasteiger partial charge in [0.25, 0.3) is 5.91 Å². The number of aryl methyl sites for hydroxylation is 2. The molecule has 0 heterocycles. The van der Waals surface area contributed by atoms with Gasteiger partial charge in [0.1, 0.15) is 0 Å². The standard InChI is InChI=1S/C16H16ClNO/c1-11-4-3-5-12(2)15(11)18-16(19)14-8-6-13(10-17)7-9-14/h3-9H,10H2,1-2H3,(H,18,19). The van der Waals surface area contributed by atoms with Crippen LogP contribution < -0.4 is 5.32 Å². The van der Waals surface area contributed by atoms with Crippen LogP contribution in [0.4, 0.5) is 5.69 Å². The number of alkyl halides is 1. The monoisotopic (exact) mass is 273 g/mol. The van der Waals surface area contributed by atoms with Crippen molar-refractivity contribution in [3.8, 4) is 0 Å². The Morgan fingerprint density at radius 3 is 2.16 bits per heavy atom. The number of amides is 1. The molecular formula is C16H16ClNO. The van der Waals surface area contributed by atoms with E-state index in [1.54, 1.807) is 12.1 Å². The second-order valence-corrected chi connectivity index (χ2v) is 4.82. The molecule has 2 aromatic carbocycles. The zero-order valence-corrected chi connectivity index (χ0v) is 11.8. The molecule has 0 saturated carbocycles. The van der Waals surface area contributed by atoms with E-state index in [0.29, 0.717) is 11.4 Å². The summed E-state index contributed by atoms with van der Waals surface area (Å²) in [6.07, 6.45) is 0. The zero-order chi connectivity index (χ0) is 13.8. The first-order valence-electron chi connectivity index (χ1n) is 6.14. The van der Waals surface area contributed by atoms with E-state index in [2.05, 4.69) is 5.32 Å². The Balaban J connectivity index is 2.20. The van der Waals surface area contributed by atoms with Crippen molar-refractivity contribution >= 4 is 23.2 Å². The van der Waals surface area contributed by atoms with Gasteiger partial charge in [0.2, 0.25) is 0 Å². The van der Waals surface area contributed by atoms with Crippen LogP contribution in [0.3, 0.4) is 0 Å². The van der Waals surface area contributed by atoms with Crippen molar-refractivity contribution in [2.24, 2.45) is 0 Å². The Morgan fingerprint density at radius 1 is 1.05 bits per heavy atom. The minimum Gasteiger partial charge on any atom is -0.322 e. The number of benzene rings is 2. The molecule has 0 aliphatic rings. The number of hydrogen-bond donors (Lipinski definition) is 1. The fourth-order valence-electron chi connectivity index (χ4n) is 1.94. The first kappa shape index (κ1) is 13.6. The molecule has 2 nitrogen and oxygen atoms in total. The van der Waals surface area contributed by atoms with E-state index in [1.807, 2.05) is 44.2 Å². The van der Waals surface area contributed by atoms with E-state index in [-0.39, 0.29) is 5.91 Å². The Morgan fingerprint density at radius 2 is 1.63 bits per heavy atom. The maximum atomic E-state index is 12.2. The van der Waals surface area contributed by atoms with Crippen LogP contribution in [0.15, 0.2) is 42.5 Å². The van der Waals surface area contributed by atoms with Crippen molar-refractivity contribution in [3.63, 3.8) is 0 Å². The number of para-hydroxylation sites is 1. The van der Waals surface area contributed by atoms with Gasteiger partial charge in [0.15, 0.2) is 0 Å². The average molecular weight is 274 g/mol. The lowest BCUT2D eigenvalue weighted by Crippen LogP contribution is -2.13. The third kappa shape index (κ3) is 3.15. The summed E-state index contributed by atoms with van der Waals surface area (Å²) in [5.41, 5.74) is 4.65. The van der Waals surface area contributed by atoms with Gasteiger partial charge < -0.3 is 5.32 Å². The van der Waals surface area contributed by atoms with Crippen molar-refractivity contribution in [2.45, 2.75) is 19.7 Å². The maximum absolute atomic E-state index is 12.2. The lowest BCUT2D eigenvalue weighted by molar-refractivity contribution is 0.102. The lowest BCUT2D eigenvalue weighted by atomic mass is 10.1. The van der Waals surface area contributed by atoms with Crippen molar-refractivity contribution < 1.29 is 4.79 Å². The highest BCUT2D eigenvalue weighted by atomic mass is 35.5. The fraction of sp³-hybridized carbons (Fsp3) is 0.188. The molecule has 0 saturated heterocycles. The number of nitrogens with one attached hydrogen (secondary N) is 1. The van der Waals surface area contributed by atoms with Gasteiger partial charge in [-0.05, 0) is 42.7 Å². The highest BCUT2D eigenvalue weighted by molar-refractivity contribution is 6.17. The van der Waals surface area contributed by atoms with E-state index in [9.17, 15) is 4.79 Å². The molecule has 2 rings (SSSR count).